The fraction of sp³-hybridized carbons (Fsp3) is 1.00. The van der Waals surface area contributed by atoms with E-state index in [4.69, 9.17) is 4.74 Å². The van der Waals surface area contributed by atoms with Crippen molar-refractivity contribution in [2.75, 3.05) is 13.2 Å². The smallest absolute Gasteiger partial charge is 0.0776 e. The first-order valence-electron chi connectivity index (χ1n) is 4.03. The molecule has 0 aromatic rings. The van der Waals surface area contributed by atoms with E-state index in [1.54, 1.807) is 0 Å². The highest BCUT2D eigenvalue weighted by Gasteiger charge is 2.27. The molecule has 0 aromatic heterocycles. The van der Waals surface area contributed by atoms with Gasteiger partial charge in [-0.2, -0.15) is 0 Å². The van der Waals surface area contributed by atoms with E-state index in [0.29, 0.717) is 6.04 Å². The fourth-order valence-electron chi connectivity index (χ4n) is 1.05. The van der Waals surface area contributed by atoms with E-state index in [0.717, 1.165) is 19.6 Å². The molecule has 0 aromatic carbocycles. The Morgan fingerprint density at radius 2 is 2.40 bits per heavy atom. The zero-order chi connectivity index (χ0) is 7.61. The number of hydrogen-bond donors (Lipinski definition) is 1. The van der Waals surface area contributed by atoms with Crippen molar-refractivity contribution in [2.45, 2.75) is 38.8 Å². The molecule has 1 heterocycles. The van der Waals surface area contributed by atoms with Gasteiger partial charge in [0.2, 0.25) is 0 Å². The maximum absolute atomic E-state index is 5.66. The van der Waals surface area contributed by atoms with Crippen LogP contribution in [0.15, 0.2) is 0 Å². The molecule has 1 aliphatic rings. The largest absolute Gasteiger partial charge is 0.372 e. The van der Waals surface area contributed by atoms with Crippen molar-refractivity contribution in [1.29, 1.82) is 0 Å². The molecule has 0 radical (unpaired) electrons. The van der Waals surface area contributed by atoms with Crippen molar-refractivity contribution < 1.29 is 4.74 Å². The molecule has 1 saturated heterocycles. The summed E-state index contributed by atoms with van der Waals surface area (Å²) in [5, 5.41) is 3.40. The molecule has 10 heavy (non-hydrogen) atoms. The van der Waals surface area contributed by atoms with Gasteiger partial charge in [0.1, 0.15) is 0 Å². The van der Waals surface area contributed by atoms with E-state index >= 15 is 0 Å². The van der Waals surface area contributed by atoms with Gasteiger partial charge in [0.05, 0.1) is 12.2 Å². The SMILES string of the molecule is CCC1(C)CNC(C)CO1. The van der Waals surface area contributed by atoms with E-state index in [1.807, 2.05) is 0 Å². The van der Waals surface area contributed by atoms with Crippen LogP contribution in [0.1, 0.15) is 27.2 Å². The van der Waals surface area contributed by atoms with Gasteiger partial charge in [0.15, 0.2) is 0 Å². The molecule has 2 heteroatoms. The third-order valence-electron chi connectivity index (χ3n) is 2.25. The van der Waals surface area contributed by atoms with E-state index < -0.39 is 0 Å². The number of ether oxygens (including phenoxy) is 1. The van der Waals surface area contributed by atoms with Crippen molar-refractivity contribution in [3.05, 3.63) is 0 Å². The van der Waals surface area contributed by atoms with Gasteiger partial charge in [-0.1, -0.05) is 6.92 Å². The van der Waals surface area contributed by atoms with Gasteiger partial charge in [-0.3, -0.25) is 0 Å². The topological polar surface area (TPSA) is 21.3 Å². The van der Waals surface area contributed by atoms with Crippen molar-refractivity contribution in [1.82, 2.24) is 5.32 Å². The third kappa shape index (κ3) is 1.70. The summed E-state index contributed by atoms with van der Waals surface area (Å²) < 4.78 is 5.66. The van der Waals surface area contributed by atoms with Crippen LogP contribution >= 0.6 is 0 Å². The summed E-state index contributed by atoms with van der Waals surface area (Å²) in [6.45, 7) is 8.31. The monoisotopic (exact) mass is 143 g/mol. The maximum Gasteiger partial charge on any atom is 0.0776 e. The fourth-order valence-corrected chi connectivity index (χ4v) is 1.05. The molecule has 2 atom stereocenters. The summed E-state index contributed by atoms with van der Waals surface area (Å²) in [5.41, 5.74) is 0.0898. The minimum absolute atomic E-state index is 0.0898. The minimum atomic E-state index is 0.0898. The summed E-state index contributed by atoms with van der Waals surface area (Å²) in [7, 11) is 0. The second kappa shape index (κ2) is 2.89. The molecule has 1 fully saturated rings. The van der Waals surface area contributed by atoms with Gasteiger partial charge in [-0.25, -0.2) is 0 Å². The number of rotatable bonds is 1. The molecule has 0 amide bonds. The van der Waals surface area contributed by atoms with Crippen molar-refractivity contribution in [3.63, 3.8) is 0 Å². The third-order valence-corrected chi connectivity index (χ3v) is 2.25. The van der Waals surface area contributed by atoms with Gasteiger partial charge in [0, 0.05) is 12.6 Å². The van der Waals surface area contributed by atoms with Crippen LogP contribution in [0.2, 0.25) is 0 Å². The van der Waals surface area contributed by atoms with Crippen molar-refractivity contribution >= 4 is 0 Å². The summed E-state index contributed by atoms with van der Waals surface area (Å²) in [5.74, 6) is 0. The standard InChI is InChI=1S/C8H17NO/c1-4-8(3)6-9-7(2)5-10-8/h7,9H,4-6H2,1-3H3. The molecule has 60 valence electrons. The van der Waals surface area contributed by atoms with Gasteiger partial charge < -0.3 is 10.1 Å². The van der Waals surface area contributed by atoms with Crippen LogP contribution in [-0.2, 0) is 4.74 Å². The summed E-state index contributed by atoms with van der Waals surface area (Å²) in [6, 6.07) is 0.527. The van der Waals surface area contributed by atoms with Crippen LogP contribution in [-0.4, -0.2) is 24.8 Å². The molecule has 1 N–H and O–H groups in total. The van der Waals surface area contributed by atoms with Crippen LogP contribution in [0.5, 0.6) is 0 Å². The molecule has 0 aliphatic carbocycles. The summed E-state index contributed by atoms with van der Waals surface area (Å²) in [4.78, 5) is 0. The van der Waals surface area contributed by atoms with Crippen molar-refractivity contribution in [3.8, 4) is 0 Å². The second-order valence-corrected chi connectivity index (χ2v) is 3.40. The van der Waals surface area contributed by atoms with Crippen LogP contribution in [0.25, 0.3) is 0 Å². The van der Waals surface area contributed by atoms with E-state index in [-0.39, 0.29) is 5.60 Å². The lowest BCUT2D eigenvalue weighted by Crippen LogP contribution is -2.51. The van der Waals surface area contributed by atoms with E-state index in [9.17, 15) is 0 Å². The zero-order valence-corrected chi connectivity index (χ0v) is 7.11. The Kier molecular flexibility index (Phi) is 2.32. The molecule has 0 bridgehead atoms. The predicted octanol–water partition coefficient (Wildman–Crippen LogP) is 1.16. The first-order chi connectivity index (χ1) is 4.66. The Balaban J connectivity index is 2.38. The highest BCUT2D eigenvalue weighted by atomic mass is 16.5. The van der Waals surface area contributed by atoms with Crippen LogP contribution in [0.4, 0.5) is 0 Å². The first-order valence-corrected chi connectivity index (χ1v) is 4.03. The van der Waals surface area contributed by atoms with Crippen LogP contribution in [0, 0.1) is 0 Å². The normalized spacial score (nSPS) is 41.7. The van der Waals surface area contributed by atoms with Crippen molar-refractivity contribution in [2.24, 2.45) is 0 Å². The Morgan fingerprint density at radius 3 is 2.80 bits per heavy atom. The van der Waals surface area contributed by atoms with Gasteiger partial charge in [0.25, 0.3) is 0 Å². The molecule has 1 aliphatic heterocycles. The maximum atomic E-state index is 5.66. The quantitative estimate of drug-likeness (QED) is 0.595. The molecule has 0 saturated carbocycles. The summed E-state index contributed by atoms with van der Waals surface area (Å²) >= 11 is 0. The number of hydrogen-bond acceptors (Lipinski definition) is 2. The Hall–Kier alpha value is -0.0800. The molecule has 2 unspecified atom stereocenters. The number of nitrogens with one attached hydrogen (secondary N) is 1. The lowest BCUT2D eigenvalue weighted by Gasteiger charge is -2.36. The van der Waals surface area contributed by atoms with Crippen LogP contribution in [0.3, 0.4) is 0 Å². The molecular formula is C8H17NO. The highest BCUT2D eigenvalue weighted by Crippen LogP contribution is 2.17. The molecular weight excluding hydrogens is 126 g/mol. The lowest BCUT2D eigenvalue weighted by atomic mass is 10.0. The zero-order valence-electron chi connectivity index (χ0n) is 7.11. The molecule has 2 nitrogen and oxygen atoms in total. The van der Waals surface area contributed by atoms with Gasteiger partial charge >= 0.3 is 0 Å². The van der Waals surface area contributed by atoms with Gasteiger partial charge in [-0.05, 0) is 20.3 Å². The lowest BCUT2D eigenvalue weighted by molar-refractivity contribution is -0.0697. The predicted molar refractivity (Wildman–Crippen MR) is 42.1 cm³/mol. The molecule has 0 spiro atoms. The first kappa shape index (κ1) is 8.02. The Labute approximate surface area is 63.0 Å². The number of morpholine rings is 1. The highest BCUT2D eigenvalue weighted by molar-refractivity contribution is 4.82. The second-order valence-electron chi connectivity index (χ2n) is 3.40. The Morgan fingerprint density at radius 1 is 1.70 bits per heavy atom. The average molecular weight is 143 g/mol. The van der Waals surface area contributed by atoms with Gasteiger partial charge in [-0.15, -0.1) is 0 Å². The van der Waals surface area contributed by atoms with E-state index in [1.165, 1.54) is 0 Å². The minimum Gasteiger partial charge on any atom is -0.372 e. The van der Waals surface area contributed by atoms with Crippen LogP contribution < -0.4 is 5.32 Å². The Bertz CT molecular complexity index is 106. The van der Waals surface area contributed by atoms with E-state index in [2.05, 4.69) is 26.1 Å². The average Bonchev–Trinajstić information content (AvgIpc) is 1.96. The molecule has 1 rings (SSSR count). The summed E-state index contributed by atoms with van der Waals surface area (Å²) in [6.07, 6.45) is 1.09.